The number of nitrogens with one attached hydrogen (secondary N) is 3. The molecule has 3 rings (SSSR count). The van der Waals surface area contributed by atoms with Gasteiger partial charge in [-0.1, -0.05) is 18.2 Å². The van der Waals surface area contributed by atoms with Gasteiger partial charge in [0.05, 0.1) is 0 Å². The van der Waals surface area contributed by atoms with Gasteiger partial charge in [-0.25, -0.2) is 0 Å². The highest BCUT2D eigenvalue weighted by molar-refractivity contribution is 5.84. The van der Waals surface area contributed by atoms with Gasteiger partial charge in [-0.05, 0) is 44.2 Å². The van der Waals surface area contributed by atoms with Gasteiger partial charge in [0.2, 0.25) is 5.91 Å². The van der Waals surface area contributed by atoms with Gasteiger partial charge in [-0.2, -0.15) is 0 Å². The fraction of sp³-hybridized carbons (Fsp3) is 0.526. The normalized spacial score (nSPS) is 23.7. The van der Waals surface area contributed by atoms with Crippen molar-refractivity contribution in [2.75, 3.05) is 13.6 Å². The van der Waals surface area contributed by atoms with Crippen LogP contribution >= 0.6 is 0 Å². The van der Waals surface area contributed by atoms with Gasteiger partial charge in [0, 0.05) is 49.2 Å². The van der Waals surface area contributed by atoms with Crippen molar-refractivity contribution in [3.63, 3.8) is 0 Å². The minimum atomic E-state index is 0.222. The molecule has 1 aromatic heterocycles. The van der Waals surface area contributed by atoms with E-state index in [1.54, 1.807) is 0 Å². The molecule has 0 spiro atoms. The van der Waals surface area contributed by atoms with Gasteiger partial charge in [-0.15, -0.1) is 0 Å². The van der Waals surface area contributed by atoms with Crippen molar-refractivity contribution in [2.45, 2.75) is 45.2 Å². The minimum absolute atomic E-state index is 0.222. The second-order valence-corrected chi connectivity index (χ2v) is 6.99. The zero-order valence-corrected chi connectivity index (χ0v) is 14.8. The molecule has 2 atom stereocenters. The number of hydrazine groups is 1. The summed E-state index contributed by atoms with van der Waals surface area (Å²) in [5.74, 6) is 0.786. The maximum atomic E-state index is 12.4. The fourth-order valence-electron chi connectivity index (χ4n) is 3.65. The van der Waals surface area contributed by atoms with Crippen LogP contribution in [-0.2, 0) is 11.2 Å². The third kappa shape index (κ3) is 3.62. The lowest BCUT2D eigenvalue weighted by Crippen LogP contribution is -2.32. The van der Waals surface area contributed by atoms with Crippen LogP contribution in [0.1, 0.15) is 32.3 Å². The summed E-state index contributed by atoms with van der Waals surface area (Å²) in [6.45, 7) is 5.20. The first-order valence-corrected chi connectivity index (χ1v) is 8.86. The molecule has 2 unspecified atom stereocenters. The first kappa shape index (κ1) is 17.0. The summed E-state index contributed by atoms with van der Waals surface area (Å²) in [6.07, 6.45) is 4.39. The van der Waals surface area contributed by atoms with Crippen molar-refractivity contribution in [3.8, 4) is 0 Å². The molecule has 2 aromatic rings. The van der Waals surface area contributed by atoms with Crippen molar-refractivity contribution >= 4 is 16.8 Å². The highest BCUT2D eigenvalue weighted by Gasteiger charge is 2.29. The van der Waals surface area contributed by atoms with E-state index in [9.17, 15) is 4.79 Å². The number of para-hydroxylation sites is 1. The third-order valence-electron chi connectivity index (χ3n) is 5.33. The molecule has 0 aliphatic carbocycles. The standard InChI is InChI=1S/C19H28N4O/c1-13-16(14(2)22-21-13)10-11-23(3)19(24)9-8-15-12-20-18-7-5-4-6-17(15)18/h4-7,12-14,16,20-22H,8-11H2,1-3H3. The Morgan fingerprint density at radius 2 is 1.88 bits per heavy atom. The summed E-state index contributed by atoms with van der Waals surface area (Å²) in [7, 11) is 1.92. The maximum Gasteiger partial charge on any atom is 0.222 e. The highest BCUT2D eigenvalue weighted by Crippen LogP contribution is 2.20. The number of aromatic nitrogens is 1. The number of aromatic amines is 1. The Hall–Kier alpha value is -1.85. The second-order valence-electron chi connectivity index (χ2n) is 6.99. The number of H-pyrrole nitrogens is 1. The van der Waals surface area contributed by atoms with E-state index in [1.807, 2.05) is 30.3 Å². The lowest BCUT2D eigenvalue weighted by Gasteiger charge is -2.23. The van der Waals surface area contributed by atoms with Crippen molar-refractivity contribution in [1.82, 2.24) is 20.7 Å². The summed E-state index contributed by atoms with van der Waals surface area (Å²) < 4.78 is 0. The Morgan fingerprint density at radius 3 is 2.62 bits per heavy atom. The minimum Gasteiger partial charge on any atom is -0.361 e. The maximum absolute atomic E-state index is 12.4. The average Bonchev–Trinajstić information content (AvgIpc) is 3.14. The second kappa shape index (κ2) is 7.36. The molecule has 0 radical (unpaired) electrons. The Bertz CT molecular complexity index is 685. The highest BCUT2D eigenvalue weighted by atomic mass is 16.2. The summed E-state index contributed by atoms with van der Waals surface area (Å²) in [5.41, 5.74) is 8.91. The topological polar surface area (TPSA) is 60.2 Å². The summed E-state index contributed by atoms with van der Waals surface area (Å²) in [6, 6.07) is 9.15. The quantitative estimate of drug-likeness (QED) is 0.763. The predicted octanol–water partition coefficient (Wildman–Crippen LogP) is 2.45. The van der Waals surface area contributed by atoms with Gasteiger partial charge in [0.15, 0.2) is 0 Å². The zero-order valence-electron chi connectivity index (χ0n) is 14.8. The van der Waals surface area contributed by atoms with E-state index in [0.717, 1.165) is 24.9 Å². The Balaban J connectivity index is 1.49. The number of aryl methyl sites for hydroxylation is 1. The van der Waals surface area contributed by atoms with E-state index in [2.05, 4.69) is 41.8 Å². The lowest BCUT2D eigenvalue weighted by molar-refractivity contribution is -0.130. The van der Waals surface area contributed by atoms with Crippen LogP contribution in [0.3, 0.4) is 0 Å². The van der Waals surface area contributed by atoms with Crippen LogP contribution in [0.2, 0.25) is 0 Å². The van der Waals surface area contributed by atoms with Crippen LogP contribution in [0, 0.1) is 5.92 Å². The molecule has 5 nitrogen and oxygen atoms in total. The number of fused-ring (bicyclic) bond motifs is 1. The number of carbonyl (C=O) groups is 1. The van der Waals surface area contributed by atoms with Gasteiger partial charge in [-0.3, -0.25) is 15.6 Å². The number of amides is 1. The number of hydrogen-bond donors (Lipinski definition) is 3. The Kier molecular flexibility index (Phi) is 5.21. The Morgan fingerprint density at radius 1 is 1.17 bits per heavy atom. The number of rotatable bonds is 6. The van der Waals surface area contributed by atoms with E-state index >= 15 is 0 Å². The molecular formula is C19H28N4O. The summed E-state index contributed by atoms with van der Waals surface area (Å²) in [4.78, 5) is 17.6. The first-order valence-electron chi connectivity index (χ1n) is 8.86. The van der Waals surface area contributed by atoms with Crippen LogP contribution in [0.15, 0.2) is 30.5 Å². The van der Waals surface area contributed by atoms with Crippen molar-refractivity contribution in [2.24, 2.45) is 5.92 Å². The van der Waals surface area contributed by atoms with Gasteiger partial charge < -0.3 is 9.88 Å². The number of nitrogens with zero attached hydrogens (tertiary/aromatic N) is 1. The van der Waals surface area contributed by atoms with Gasteiger partial charge >= 0.3 is 0 Å². The van der Waals surface area contributed by atoms with E-state index < -0.39 is 0 Å². The van der Waals surface area contributed by atoms with Crippen molar-refractivity contribution < 1.29 is 4.79 Å². The van der Waals surface area contributed by atoms with Crippen LogP contribution in [0.5, 0.6) is 0 Å². The van der Waals surface area contributed by atoms with Crippen LogP contribution in [0.25, 0.3) is 10.9 Å². The van der Waals surface area contributed by atoms with Crippen LogP contribution < -0.4 is 10.9 Å². The number of hydrogen-bond acceptors (Lipinski definition) is 3. The van der Waals surface area contributed by atoms with Crippen molar-refractivity contribution in [1.29, 1.82) is 0 Å². The van der Waals surface area contributed by atoms with E-state index in [-0.39, 0.29) is 5.91 Å². The molecule has 24 heavy (non-hydrogen) atoms. The molecule has 1 amide bonds. The number of benzene rings is 1. The van der Waals surface area contributed by atoms with E-state index in [0.29, 0.717) is 24.4 Å². The van der Waals surface area contributed by atoms with Gasteiger partial charge in [0.1, 0.15) is 0 Å². The summed E-state index contributed by atoms with van der Waals surface area (Å²) >= 11 is 0. The molecule has 1 aliphatic heterocycles. The summed E-state index contributed by atoms with van der Waals surface area (Å²) in [5, 5.41) is 1.22. The fourth-order valence-corrected chi connectivity index (χ4v) is 3.65. The molecule has 0 saturated carbocycles. The smallest absolute Gasteiger partial charge is 0.222 e. The molecule has 1 fully saturated rings. The zero-order chi connectivity index (χ0) is 17.1. The molecule has 2 heterocycles. The molecule has 1 aliphatic rings. The van der Waals surface area contributed by atoms with Crippen LogP contribution in [0.4, 0.5) is 0 Å². The van der Waals surface area contributed by atoms with E-state index in [4.69, 9.17) is 0 Å². The van der Waals surface area contributed by atoms with Crippen molar-refractivity contribution in [3.05, 3.63) is 36.0 Å². The monoisotopic (exact) mass is 328 g/mol. The molecule has 1 aromatic carbocycles. The molecule has 0 bridgehead atoms. The average molecular weight is 328 g/mol. The third-order valence-corrected chi connectivity index (χ3v) is 5.33. The molecule has 1 saturated heterocycles. The molecular weight excluding hydrogens is 300 g/mol. The Labute approximate surface area is 143 Å². The molecule has 3 N–H and O–H groups in total. The molecule has 5 heteroatoms. The SMILES string of the molecule is CC1NNC(C)C1CCN(C)C(=O)CCc1c[nH]c2ccccc12. The largest absolute Gasteiger partial charge is 0.361 e. The number of carbonyl (C=O) groups excluding carboxylic acids is 1. The molecule has 130 valence electrons. The lowest BCUT2D eigenvalue weighted by atomic mass is 9.93. The van der Waals surface area contributed by atoms with E-state index in [1.165, 1.54) is 10.9 Å². The van der Waals surface area contributed by atoms with Crippen LogP contribution in [-0.4, -0.2) is 41.5 Å². The predicted molar refractivity (Wildman–Crippen MR) is 97.6 cm³/mol. The first-order chi connectivity index (χ1) is 11.6. The van der Waals surface area contributed by atoms with Gasteiger partial charge in [0.25, 0.3) is 0 Å².